The molecule has 3 atom stereocenters. The molecule has 3 unspecified atom stereocenters. The van der Waals surface area contributed by atoms with Crippen LogP contribution in [0, 0.1) is 0 Å². The molecule has 0 aliphatic rings. The van der Waals surface area contributed by atoms with E-state index in [-0.39, 0.29) is 18.9 Å². The molecule has 0 aliphatic heterocycles. The zero-order valence-corrected chi connectivity index (χ0v) is 38.2. The topological polar surface area (TPSA) is 89.8 Å². The van der Waals surface area contributed by atoms with Crippen LogP contribution in [0.25, 0.3) is 0 Å². The molecule has 0 saturated carbocycles. The van der Waals surface area contributed by atoms with Crippen molar-refractivity contribution in [2.24, 2.45) is 0 Å². The highest BCUT2D eigenvalue weighted by atomic mass is 16.3. The lowest BCUT2D eigenvalue weighted by molar-refractivity contribution is -0.124. The third-order valence-electron chi connectivity index (χ3n) is 11.7. The first-order valence-corrected chi connectivity index (χ1v) is 25.3. The minimum atomic E-state index is -0.958. The zero-order valence-electron chi connectivity index (χ0n) is 38.2. The molecule has 0 heterocycles. The number of carbonyl (C=O) groups is 1. The molecule has 1 amide bonds. The van der Waals surface area contributed by atoms with E-state index in [4.69, 9.17) is 0 Å². The number of hydrogen-bond donors (Lipinski definition) is 4. The van der Waals surface area contributed by atoms with E-state index in [1.165, 1.54) is 199 Å². The van der Waals surface area contributed by atoms with Crippen molar-refractivity contribution in [1.82, 2.24) is 5.32 Å². The summed E-state index contributed by atoms with van der Waals surface area (Å²) in [5, 5.41) is 33.3. The van der Waals surface area contributed by atoms with Gasteiger partial charge in [0, 0.05) is 0 Å². The van der Waals surface area contributed by atoms with E-state index in [0.29, 0.717) is 6.42 Å². The van der Waals surface area contributed by atoms with Gasteiger partial charge in [-0.3, -0.25) is 4.79 Å². The van der Waals surface area contributed by atoms with Gasteiger partial charge in [-0.15, -0.1) is 0 Å². The fourth-order valence-corrected chi connectivity index (χ4v) is 7.79. The van der Waals surface area contributed by atoms with Crippen LogP contribution in [-0.2, 0) is 4.79 Å². The largest absolute Gasteiger partial charge is 0.394 e. The van der Waals surface area contributed by atoms with E-state index < -0.39 is 18.2 Å². The first-order chi connectivity index (χ1) is 28.0. The SMILES string of the molecule is CCCCCCCC/C=C/CC/C=C/CC/C=C/C(O)C(CO)NC(=O)CC(O)CCCCCCCCCCCCCCCCCCCCCCCCCCCC. The highest BCUT2D eigenvalue weighted by Gasteiger charge is 2.20. The number of hydrogen-bond acceptors (Lipinski definition) is 4. The summed E-state index contributed by atoms with van der Waals surface area (Å²) in [6.07, 6.45) is 60.3. The molecule has 0 aromatic rings. The highest BCUT2D eigenvalue weighted by Crippen LogP contribution is 2.17. The van der Waals surface area contributed by atoms with E-state index in [0.717, 1.165) is 38.5 Å². The molecule has 0 rings (SSSR count). The third-order valence-corrected chi connectivity index (χ3v) is 11.7. The van der Waals surface area contributed by atoms with E-state index in [9.17, 15) is 20.1 Å². The van der Waals surface area contributed by atoms with Gasteiger partial charge >= 0.3 is 0 Å². The van der Waals surface area contributed by atoms with Gasteiger partial charge in [0.15, 0.2) is 0 Å². The molecule has 0 spiro atoms. The average molecular weight is 802 g/mol. The normalized spacial score (nSPS) is 13.7. The number of nitrogens with one attached hydrogen (secondary N) is 1. The summed E-state index contributed by atoms with van der Waals surface area (Å²) >= 11 is 0. The van der Waals surface area contributed by atoms with Crippen molar-refractivity contribution in [2.45, 2.75) is 283 Å². The minimum absolute atomic E-state index is 0.00536. The van der Waals surface area contributed by atoms with E-state index in [2.05, 4.69) is 43.5 Å². The molecule has 0 bridgehead atoms. The molecule has 0 aromatic carbocycles. The maximum absolute atomic E-state index is 12.5. The molecule has 5 nitrogen and oxygen atoms in total. The Labute approximate surface area is 355 Å². The quantitative estimate of drug-likeness (QED) is 0.0365. The van der Waals surface area contributed by atoms with Crippen LogP contribution < -0.4 is 5.32 Å². The third kappa shape index (κ3) is 44.0. The summed E-state index contributed by atoms with van der Waals surface area (Å²) in [5.74, 6) is -0.326. The van der Waals surface area contributed by atoms with Crippen molar-refractivity contribution in [3.63, 3.8) is 0 Å². The first-order valence-electron chi connectivity index (χ1n) is 25.3. The lowest BCUT2D eigenvalue weighted by Gasteiger charge is -2.21. The van der Waals surface area contributed by atoms with Crippen LogP contribution in [0.5, 0.6) is 0 Å². The maximum atomic E-state index is 12.5. The van der Waals surface area contributed by atoms with Crippen LogP contribution in [0.1, 0.15) is 264 Å². The predicted molar refractivity (Wildman–Crippen MR) is 250 cm³/mol. The molecule has 57 heavy (non-hydrogen) atoms. The first kappa shape index (κ1) is 55.6. The average Bonchev–Trinajstić information content (AvgIpc) is 3.20. The summed E-state index contributed by atoms with van der Waals surface area (Å²) in [7, 11) is 0. The highest BCUT2D eigenvalue weighted by molar-refractivity contribution is 5.76. The standard InChI is InChI=1S/C52H99NO4/c1-3-5-7-9-11-13-15-17-19-21-22-23-24-25-26-27-28-29-30-31-33-35-37-39-41-43-45-49(55)47-52(57)53-50(48-54)51(56)46-44-42-40-38-36-34-32-20-18-16-14-12-10-8-6-4-2/h18,20,36,38,44,46,49-51,54-56H,3-17,19,21-35,37,39-43,45,47-48H2,1-2H3,(H,53,57)/b20-18+,38-36+,46-44+. The van der Waals surface area contributed by atoms with Crippen LogP contribution >= 0.6 is 0 Å². The Kier molecular flexibility index (Phi) is 46.1. The lowest BCUT2D eigenvalue weighted by atomic mass is 10.0. The number of allylic oxidation sites excluding steroid dienone is 5. The molecule has 4 N–H and O–H groups in total. The Morgan fingerprint density at radius 3 is 1.12 bits per heavy atom. The van der Waals surface area contributed by atoms with Crippen LogP contribution in [0.2, 0.25) is 0 Å². The van der Waals surface area contributed by atoms with Crippen LogP contribution in [-0.4, -0.2) is 46.1 Å². The number of aliphatic hydroxyl groups is 3. The second kappa shape index (κ2) is 47.3. The predicted octanol–water partition coefficient (Wildman–Crippen LogP) is 15.1. The smallest absolute Gasteiger partial charge is 0.222 e. The van der Waals surface area contributed by atoms with Crippen LogP contribution in [0.15, 0.2) is 36.5 Å². The number of amides is 1. The van der Waals surface area contributed by atoms with Gasteiger partial charge < -0.3 is 20.6 Å². The molecular weight excluding hydrogens is 703 g/mol. The van der Waals surface area contributed by atoms with Crippen molar-refractivity contribution in [2.75, 3.05) is 6.61 Å². The van der Waals surface area contributed by atoms with Crippen molar-refractivity contribution in [3.8, 4) is 0 Å². The summed E-state index contributed by atoms with van der Waals surface area (Å²) in [5.41, 5.74) is 0. The van der Waals surface area contributed by atoms with Crippen molar-refractivity contribution >= 4 is 5.91 Å². The number of aliphatic hydroxyl groups excluding tert-OH is 3. The Bertz CT molecular complexity index is 885. The molecule has 0 radical (unpaired) electrons. The lowest BCUT2D eigenvalue weighted by Crippen LogP contribution is -2.45. The fraction of sp³-hybridized carbons (Fsp3) is 0.865. The number of rotatable bonds is 46. The van der Waals surface area contributed by atoms with Crippen LogP contribution in [0.3, 0.4) is 0 Å². The van der Waals surface area contributed by atoms with Gasteiger partial charge in [0.1, 0.15) is 0 Å². The Balaban J connectivity index is 3.59. The Morgan fingerprint density at radius 2 is 0.754 bits per heavy atom. The van der Waals surface area contributed by atoms with Crippen LogP contribution in [0.4, 0.5) is 0 Å². The minimum Gasteiger partial charge on any atom is -0.394 e. The molecule has 0 fully saturated rings. The van der Waals surface area contributed by atoms with Gasteiger partial charge in [-0.1, -0.05) is 249 Å². The zero-order chi connectivity index (χ0) is 41.5. The number of carbonyl (C=O) groups excluding carboxylic acids is 1. The van der Waals surface area contributed by atoms with Gasteiger partial charge in [0.05, 0.1) is 31.3 Å². The molecule has 0 aromatic heterocycles. The van der Waals surface area contributed by atoms with Gasteiger partial charge in [-0.2, -0.15) is 0 Å². The molecule has 5 heteroatoms. The van der Waals surface area contributed by atoms with Gasteiger partial charge in [-0.25, -0.2) is 0 Å². The fourth-order valence-electron chi connectivity index (χ4n) is 7.79. The molecule has 0 saturated heterocycles. The van der Waals surface area contributed by atoms with Gasteiger partial charge in [0.25, 0.3) is 0 Å². The summed E-state index contributed by atoms with van der Waals surface area (Å²) in [6.45, 7) is 4.21. The summed E-state index contributed by atoms with van der Waals surface area (Å²) in [4.78, 5) is 12.5. The van der Waals surface area contributed by atoms with E-state index in [1.807, 2.05) is 6.08 Å². The summed E-state index contributed by atoms with van der Waals surface area (Å²) in [6, 6.07) is -0.765. The van der Waals surface area contributed by atoms with Crippen molar-refractivity contribution < 1.29 is 20.1 Å². The molecular formula is C52H99NO4. The second-order valence-corrected chi connectivity index (χ2v) is 17.4. The van der Waals surface area contributed by atoms with Crippen molar-refractivity contribution in [1.29, 1.82) is 0 Å². The molecule has 336 valence electrons. The van der Waals surface area contributed by atoms with E-state index >= 15 is 0 Å². The van der Waals surface area contributed by atoms with E-state index in [1.54, 1.807) is 6.08 Å². The summed E-state index contributed by atoms with van der Waals surface area (Å²) < 4.78 is 0. The Hall–Kier alpha value is -1.43. The maximum Gasteiger partial charge on any atom is 0.222 e. The van der Waals surface area contributed by atoms with Gasteiger partial charge in [0.2, 0.25) is 5.91 Å². The van der Waals surface area contributed by atoms with Gasteiger partial charge in [-0.05, 0) is 44.9 Å². The monoisotopic (exact) mass is 802 g/mol. The second-order valence-electron chi connectivity index (χ2n) is 17.4. The Morgan fingerprint density at radius 1 is 0.439 bits per heavy atom. The molecule has 0 aliphatic carbocycles. The number of unbranched alkanes of at least 4 members (excludes halogenated alkanes) is 33. The van der Waals surface area contributed by atoms with Crippen molar-refractivity contribution in [3.05, 3.63) is 36.5 Å².